The van der Waals surface area contributed by atoms with Crippen LogP contribution in [-0.4, -0.2) is 112 Å². The van der Waals surface area contributed by atoms with Crippen molar-refractivity contribution in [2.75, 3.05) is 72.0 Å². The summed E-state index contributed by atoms with van der Waals surface area (Å²) in [6.07, 6.45) is 5.94. The Hall–Kier alpha value is -3.01. The highest BCUT2D eigenvalue weighted by molar-refractivity contribution is 7.14. The molecule has 10 nitrogen and oxygen atoms in total. The number of methoxy groups -OCH3 is 2. The van der Waals surface area contributed by atoms with Gasteiger partial charge in [0.2, 0.25) is 5.91 Å². The summed E-state index contributed by atoms with van der Waals surface area (Å²) in [5.41, 5.74) is 2.33. The van der Waals surface area contributed by atoms with Gasteiger partial charge in [-0.15, -0.1) is 17.8 Å². The van der Waals surface area contributed by atoms with Gasteiger partial charge in [0.05, 0.1) is 17.7 Å². The number of piperazine rings is 1. The van der Waals surface area contributed by atoms with Gasteiger partial charge in [-0.1, -0.05) is 31.9 Å². The lowest BCUT2D eigenvalue weighted by Gasteiger charge is -2.32. The number of carbonyl (C=O) groups excluding carboxylic acids is 2. The molecule has 43 heavy (non-hydrogen) atoms. The van der Waals surface area contributed by atoms with E-state index >= 15 is 0 Å². The first-order valence-corrected chi connectivity index (χ1v) is 15.7. The number of nitrogens with zero attached hydrogens (tertiary/aromatic N) is 4. The SMILES string of the molecule is C#CC1CN(C(=O)C(CC(C)C)NC(=O)c2ccc(-c3csc(N4CCN(C)CC4)n3)cc2)CC1OCC(C)(OC)OC. The summed E-state index contributed by atoms with van der Waals surface area (Å²) < 4.78 is 16.8. The number of hydrogen-bond donors (Lipinski definition) is 1. The third kappa shape index (κ3) is 8.34. The molecule has 0 aliphatic carbocycles. The molecule has 234 valence electrons. The van der Waals surface area contributed by atoms with E-state index in [4.69, 9.17) is 25.6 Å². The van der Waals surface area contributed by atoms with Gasteiger partial charge in [-0.3, -0.25) is 9.59 Å². The second kappa shape index (κ2) is 14.6. The summed E-state index contributed by atoms with van der Waals surface area (Å²) >= 11 is 1.64. The molecule has 0 bridgehead atoms. The zero-order valence-electron chi connectivity index (χ0n) is 26.2. The lowest BCUT2D eigenvalue weighted by molar-refractivity contribution is -0.230. The Labute approximate surface area is 259 Å². The molecule has 2 amide bonds. The van der Waals surface area contributed by atoms with Crippen molar-refractivity contribution in [2.45, 2.75) is 45.1 Å². The average Bonchev–Trinajstić information content (AvgIpc) is 3.67. The normalized spacial score (nSPS) is 20.3. The van der Waals surface area contributed by atoms with Crippen molar-refractivity contribution in [3.63, 3.8) is 0 Å². The van der Waals surface area contributed by atoms with Crippen LogP contribution in [0.2, 0.25) is 0 Å². The number of likely N-dealkylation sites (N-methyl/N-ethyl adjacent to an activating group) is 1. The van der Waals surface area contributed by atoms with E-state index < -0.39 is 11.8 Å². The molecular weight excluding hydrogens is 566 g/mol. The topological polar surface area (TPSA) is 96.5 Å². The molecule has 0 spiro atoms. The second-order valence-electron chi connectivity index (χ2n) is 11.9. The molecular formula is C32H45N5O5S. The summed E-state index contributed by atoms with van der Waals surface area (Å²) in [5, 5.41) is 6.07. The van der Waals surface area contributed by atoms with Crippen molar-refractivity contribution < 1.29 is 23.8 Å². The number of benzene rings is 1. The third-order valence-electron chi connectivity index (χ3n) is 8.23. The van der Waals surface area contributed by atoms with E-state index in [1.165, 1.54) is 0 Å². The maximum Gasteiger partial charge on any atom is 0.251 e. The van der Waals surface area contributed by atoms with E-state index in [9.17, 15) is 9.59 Å². The number of anilines is 1. The molecule has 1 N–H and O–H groups in total. The number of likely N-dealkylation sites (tertiary alicyclic amines) is 1. The van der Waals surface area contributed by atoms with Crippen LogP contribution in [0, 0.1) is 24.2 Å². The van der Waals surface area contributed by atoms with Crippen LogP contribution in [0.4, 0.5) is 5.13 Å². The van der Waals surface area contributed by atoms with Crippen LogP contribution >= 0.6 is 11.3 Å². The first-order chi connectivity index (χ1) is 20.6. The molecule has 11 heteroatoms. The average molecular weight is 612 g/mol. The van der Waals surface area contributed by atoms with E-state index in [1.54, 1.807) is 49.5 Å². The first-order valence-electron chi connectivity index (χ1n) is 14.8. The quantitative estimate of drug-likeness (QED) is 0.289. The van der Waals surface area contributed by atoms with Crippen molar-refractivity contribution in [1.82, 2.24) is 20.1 Å². The monoisotopic (exact) mass is 611 g/mol. The van der Waals surface area contributed by atoms with Gasteiger partial charge in [0, 0.05) is 70.0 Å². The van der Waals surface area contributed by atoms with Gasteiger partial charge in [0.1, 0.15) is 12.6 Å². The molecule has 2 aliphatic rings. The van der Waals surface area contributed by atoms with Crippen molar-refractivity contribution >= 4 is 28.3 Å². The van der Waals surface area contributed by atoms with Crippen molar-refractivity contribution in [2.24, 2.45) is 11.8 Å². The molecule has 3 atom stereocenters. The summed E-state index contributed by atoms with van der Waals surface area (Å²) in [4.78, 5) is 38.2. The Morgan fingerprint density at radius 1 is 1.14 bits per heavy atom. The van der Waals surface area contributed by atoms with Crippen LogP contribution in [-0.2, 0) is 19.0 Å². The Balaban J connectivity index is 1.39. The molecule has 0 radical (unpaired) electrons. The molecule has 2 aromatic rings. The number of ether oxygens (including phenoxy) is 3. The molecule has 1 aromatic heterocycles. The molecule has 0 saturated carbocycles. The summed E-state index contributed by atoms with van der Waals surface area (Å²) in [5.74, 6) is 1.32. The summed E-state index contributed by atoms with van der Waals surface area (Å²) in [6.45, 7) is 10.7. The zero-order valence-corrected chi connectivity index (χ0v) is 27.0. The number of hydrogen-bond acceptors (Lipinski definition) is 9. The van der Waals surface area contributed by atoms with Crippen LogP contribution in [0.25, 0.3) is 11.3 Å². The van der Waals surface area contributed by atoms with Gasteiger partial charge >= 0.3 is 0 Å². The van der Waals surface area contributed by atoms with Crippen molar-refractivity contribution in [3.8, 4) is 23.6 Å². The standard InChI is InChI=1S/C32H45N5O5S/c1-8-23-18-37(19-28(23)42-21-32(4,40-6)41-7)30(39)26(17-22(2)3)33-29(38)25-11-9-24(10-12-25)27-20-43-31(34-27)36-15-13-35(5)14-16-36/h1,9-12,20,22-23,26,28H,13-19,21H2,2-7H3,(H,33,38). The van der Waals surface area contributed by atoms with E-state index in [1.807, 2.05) is 26.0 Å². The fourth-order valence-electron chi connectivity index (χ4n) is 5.23. The highest BCUT2D eigenvalue weighted by Crippen LogP contribution is 2.29. The predicted octanol–water partition coefficient (Wildman–Crippen LogP) is 3.19. The Morgan fingerprint density at radius 3 is 2.42 bits per heavy atom. The molecule has 3 unspecified atom stereocenters. The number of amides is 2. The summed E-state index contributed by atoms with van der Waals surface area (Å²) in [6, 6.07) is 6.70. The number of carbonyl (C=O) groups is 2. The zero-order chi connectivity index (χ0) is 31.1. The lowest BCUT2D eigenvalue weighted by atomic mass is 10.0. The minimum atomic E-state index is -0.910. The van der Waals surface area contributed by atoms with Crippen LogP contribution in [0.1, 0.15) is 37.6 Å². The van der Waals surface area contributed by atoms with Gasteiger partial charge in [-0.25, -0.2) is 4.98 Å². The molecule has 1 aromatic carbocycles. The van der Waals surface area contributed by atoms with Crippen LogP contribution < -0.4 is 10.2 Å². The third-order valence-corrected chi connectivity index (χ3v) is 9.14. The Kier molecular flexibility index (Phi) is 11.2. The van der Waals surface area contributed by atoms with Gasteiger partial charge in [-0.05, 0) is 38.4 Å². The van der Waals surface area contributed by atoms with E-state index in [2.05, 4.69) is 33.5 Å². The molecule has 2 aliphatic heterocycles. The van der Waals surface area contributed by atoms with Crippen LogP contribution in [0.3, 0.4) is 0 Å². The molecule has 2 saturated heterocycles. The van der Waals surface area contributed by atoms with Crippen LogP contribution in [0.15, 0.2) is 29.6 Å². The minimum Gasteiger partial charge on any atom is -0.369 e. The number of aromatic nitrogens is 1. The number of terminal acetylenes is 1. The molecule has 2 fully saturated rings. The number of nitrogens with one attached hydrogen (secondary N) is 1. The van der Waals surface area contributed by atoms with E-state index in [0.717, 1.165) is 42.6 Å². The van der Waals surface area contributed by atoms with Crippen molar-refractivity contribution in [1.29, 1.82) is 0 Å². The lowest BCUT2D eigenvalue weighted by Crippen LogP contribution is -2.49. The predicted molar refractivity (Wildman–Crippen MR) is 169 cm³/mol. The minimum absolute atomic E-state index is 0.162. The van der Waals surface area contributed by atoms with Crippen molar-refractivity contribution in [3.05, 3.63) is 35.2 Å². The molecule has 3 heterocycles. The summed E-state index contributed by atoms with van der Waals surface area (Å²) in [7, 11) is 5.23. The van der Waals surface area contributed by atoms with Gasteiger partial charge in [-0.2, -0.15) is 0 Å². The second-order valence-corrected chi connectivity index (χ2v) is 12.8. The highest BCUT2D eigenvalue weighted by Gasteiger charge is 2.39. The number of rotatable bonds is 12. The van der Waals surface area contributed by atoms with Gasteiger partial charge in [0.25, 0.3) is 5.91 Å². The first kappa shape index (κ1) is 32.9. The fraction of sp³-hybridized carbons (Fsp3) is 0.594. The fourth-order valence-corrected chi connectivity index (χ4v) is 6.12. The maximum absolute atomic E-state index is 13.7. The smallest absolute Gasteiger partial charge is 0.251 e. The van der Waals surface area contributed by atoms with Crippen LogP contribution in [0.5, 0.6) is 0 Å². The maximum atomic E-state index is 13.7. The highest BCUT2D eigenvalue weighted by atomic mass is 32.1. The van der Waals surface area contributed by atoms with E-state index in [-0.39, 0.29) is 36.4 Å². The number of thiazole rings is 1. The van der Waals surface area contributed by atoms with Gasteiger partial charge in [0.15, 0.2) is 10.9 Å². The Morgan fingerprint density at radius 2 is 1.81 bits per heavy atom. The molecule has 4 rings (SSSR count). The largest absolute Gasteiger partial charge is 0.369 e. The van der Waals surface area contributed by atoms with Gasteiger partial charge < -0.3 is 34.2 Å². The Bertz CT molecular complexity index is 1260. The van der Waals surface area contributed by atoms with E-state index in [0.29, 0.717) is 25.1 Å².